The third-order valence-electron chi connectivity index (χ3n) is 4.37. The number of rotatable bonds is 2. The SMILES string of the molecule is CNc1ccc(F)c([C@]2(C)Cc3ncncc3C(NC(=O)OC(C)(C)C)=N2)c1. The first-order chi connectivity index (χ1) is 13.1. The van der Waals surface area contributed by atoms with Gasteiger partial charge in [-0.05, 0) is 45.9 Å². The summed E-state index contributed by atoms with van der Waals surface area (Å²) in [5.41, 5.74) is 0.827. The molecule has 2 heterocycles. The maximum absolute atomic E-state index is 14.7. The Balaban J connectivity index is 2.05. The highest BCUT2D eigenvalue weighted by atomic mass is 19.1. The number of carbonyl (C=O) groups is 1. The van der Waals surface area contributed by atoms with E-state index >= 15 is 0 Å². The van der Waals surface area contributed by atoms with E-state index in [0.29, 0.717) is 23.2 Å². The Morgan fingerprint density at radius 1 is 1.32 bits per heavy atom. The van der Waals surface area contributed by atoms with Gasteiger partial charge in [-0.1, -0.05) is 0 Å². The van der Waals surface area contributed by atoms with Crippen LogP contribution in [0.25, 0.3) is 0 Å². The van der Waals surface area contributed by atoms with Gasteiger partial charge in [0.2, 0.25) is 0 Å². The molecule has 0 bridgehead atoms. The first-order valence-corrected chi connectivity index (χ1v) is 8.98. The van der Waals surface area contributed by atoms with Gasteiger partial charge in [-0.3, -0.25) is 10.3 Å². The van der Waals surface area contributed by atoms with Gasteiger partial charge in [0.1, 0.15) is 23.6 Å². The van der Waals surface area contributed by atoms with Crippen molar-refractivity contribution in [1.29, 1.82) is 0 Å². The van der Waals surface area contributed by atoms with Gasteiger partial charge in [-0.25, -0.2) is 19.2 Å². The molecule has 2 N–H and O–H groups in total. The molecule has 0 spiro atoms. The van der Waals surface area contributed by atoms with Gasteiger partial charge in [0, 0.05) is 30.9 Å². The molecule has 0 aliphatic carbocycles. The van der Waals surface area contributed by atoms with E-state index in [2.05, 4.69) is 25.6 Å². The minimum Gasteiger partial charge on any atom is -0.444 e. The molecule has 3 rings (SSSR count). The fourth-order valence-electron chi connectivity index (χ4n) is 3.11. The van der Waals surface area contributed by atoms with E-state index in [1.807, 2.05) is 6.92 Å². The van der Waals surface area contributed by atoms with Crippen molar-refractivity contribution in [2.45, 2.75) is 45.3 Å². The molecule has 1 atom stereocenters. The van der Waals surface area contributed by atoms with Crippen LogP contribution in [0.4, 0.5) is 14.9 Å². The second-order valence-corrected chi connectivity index (χ2v) is 7.87. The summed E-state index contributed by atoms with van der Waals surface area (Å²) in [7, 11) is 1.77. The van der Waals surface area contributed by atoms with Gasteiger partial charge in [-0.15, -0.1) is 0 Å². The van der Waals surface area contributed by atoms with Crippen LogP contribution in [0.2, 0.25) is 0 Å². The third kappa shape index (κ3) is 4.11. The molecule has 1 amide bonds. The molecule has 1 aliphatic rings. The van der Waals surface area contributed by atoms with E-state index < -0.39 is 17.2 Å². The topological polar surface area (TPSA) is 88.5 Å². The zero-order valence-corrected chi connectivity index (χ0v) is 16.6. The van der Waals surface area contributed by atoms with Crippen molar-refractivity contribution in [3.63, 3.8) is 0 Å². The second kappa shape index (κ2) is 7.18. The number of carbonyl (C=O) groups excluding carboxylic acids is 1. The monoisotopic (exact) mass is 385 g/mol. The van der Waals surface area contributed by atoms with E-state index in [0.717, 1.165) is 5.69 Å². The number of hydrogen-bond acceptors (Lipinski definition) is 6. The number of nitrogens with zero attached hydrogens (tertiary/aromatic N) is 3. The summed E-state index contributed by atoms with van der Waals surface area (Å²) in [4.78, 5) is 25.4. The number of aliphatic imine (C=N–C) groups is 1. The normalized spacial score (nSPS) is 18.7. The van der Waals surface area contributed by atoms with Crippen LogP contribution in [-0.4, -0.2) is 34.5 Å². The molecule has 0 saturated carbocycles. The number of nitrogens with one attached hydrogen (secondary N) is 2. The van der Waals surface area contributed by atoms with Crippen molar-refractivity contribution >= 4 is 17.6 Å². The number of aromatic nitrogens is 2. The average molecular weight is 385 g/mol. The second-order valence-electron chi connectivity index (χ2n) is 7.87. The molecule has 1 aromatic carbocycles. The van der Waals surface area contributed by atoms with Gasteiger partial charge in [0.05, 0.1) is 16.8 Å². The quantitative estimate of drug-likeness (QED) is 0.827. The summed E-state index contributed by atoms with van der Waals surface area (Å²) in [6.45, 7) is 7.13. The number of benzene rings is 1. The molecule has 0 unspecified atom stereocenters. The first-order valence-electron chi connectivity index (χ1n) is 8.98. The van der Waals surface area contributed by atoms with Gasteiger partial charge < -0.3 is 10.1 Å². The highest BCUT2D eigenvalue weighted by Crippen LogP contribution is 2.36. The average Bonchev–Trinajstić information content (AvgIpc) is 2.60. The zero-order chi connectivity index (χ0) is 20.5. The Morgan fingerprint density at radius 2 is 2.07 bits per heavy atom. The van der Waals surface area contributed by atoms with Crippen molar-refractivity contribution in [2.24, 2.45) is 4.99 Å². The third-order valence-corrected chi connectivity index (χ3v) is 4.37. The highest BCUT2D eigenvalue weighted by Gasteiger charge is 2.37. The maximum Gasteiger partial charge on any atom is 0.413 e. The van der Waals surface area contributed by atoms with E-state index in [4.69, 9.17) is 4.74 Å². The largest absolute Gasteiger partial charge is 0.444 e. The van der Waals surface area contributed by atoms with E-state index in [-0.39, 0.29) is 11.7 Å². The van der Waals surface area contributed by atoms with Crippen LogP contribution >= 0.6 is 0 Å². The molecule has 28 heavy (non-hydrogen) atoms. The van der Waals surface area contributed by atoms with Crippen LogP contribution in [0.1, 0.15) is 44.5 Å². The predicted octanol–water partition coefficient (Wildman–Crippen LogP) is 3.40. The summed E-state index contributed by atoms with van der Waals surface area (Å²) in [5.74, 6) is -0.118. The highest BCUT2D eigenvalue weighted by molar-refractivity contribution is 6.07. The number of amides is 1. The van der Waals surface area contributed by atoms with Crippen molar-refractivity contribution in [3.8, 4) is 0 Å². The predicted molar refractivity (Wildman–Crippen MR) is 105 cm³/mol. The Morgan fingerprint density at radius 3 is 2.75 bits per heavy atom. The smallest absolute Gasteiger partial charge is 0.413 e. The molecule has 1 aromatic heterocycles. The summed E-state index contributed by atoms with van der Waals surface area (Å²) >= 11 is 0. The number of ether oxygens (including phenoxy) is 1. The minimum atomic E-state index is -0.956. The molecule has 8 heteroatoms. The molecule has 7 nitrogen and oxygen atoms in total. The van der Waals surface area contributed by atoms with Crippen LogP contribution in [-0.2, 0) is 16.7 Å². The van der Waals surface area contributed by atoms with Crippen LogP contribution in [0, 0.1) is 5.82 Å². The summed E-state index contributed by atoms with van der Waals surface area (Å²) in [6.07, 6.45) is 2.73. The van der Waals surface area contributed by atoms with Gasteiger partial charge in [-0.2, -0.15) is 0 Å². The standard InChI is InChI=1S/C20H24FN5O2/c1-19(2,3)28-18(27)25-17-13-10-23-11-24-16(13)9-20(4,26-17)14-8-12(22-5)6-7-15(14)21/h6-8,10-11,22H,9H2,1-5H3,(H,25,26,27)/t20-/m0/s1. The lowest BCUT2D eigenvalue weighted by Crippen LogP contribution is -2.42. The Labute approximate surface area is 163 Å². The lowest BCUT2D eigenvalue weighted by molar-refractivity contribution is 0.0562. The van der Waals surface area contributed by atoms with Crippen LogP contribution < -0.4 is 10.6 Å². The van der Waals surface area contributed by atoms with Crippen molar-refractivity contribution in [1.82, 2.24) is 15.3 Å². The number of fused-ring (bicyclic) bond motifs is 1. The molecule has 2 aromatic rings. The molecule has 0 radical (unpaired) electrons. The van der Waals surface area contributed by atoms with E-state index in [9.17, 15) is 9.18 Å². The molecular formula is C20H24FN5O2. The summed E-state index contributed by atoms with van der Waals surface area (Å²) in [6, 6.07) is 4.78. The Bertz CT molecular complexity index is 938. The van der Waals surface area contributed by atoms with E-state index in [1.165, 1.54) is 12.4 Å². The zero-order valence-electron chi connectivity index (χ0n) is 16.6. The summed E-state index contributed by atoms with van der Waals surface area (Å²) in [5, 5.41) is 5.68. The molecule has 0 fully saturated rings. The number of alkyl carbamates (subject to hydrolysis) is 1. The molecule has 148 valence electrons. The van der Waals surface area contributed by atoms with Crippen molar-refractivity contribution in [3.05, 3.63) is 53.4 Å². The van der Waals surface area contributed by atoms with Crippen molar-refractivity contribution < 1.29 is 13.9 Å². The lowest BCUT2D eigenvalue weighted by Gasteiger charge is -2.32. The number of hydrogen-bond donors (Lipinski definition) is 2. The summed E-state index contributed by atoms with van der Waals surface area (Å²) < 4.78 is 20.0. The first kappa shape index (κ1) is 19.7. The number of halogens is 1. The Kier molecular flexibility index (Phi) is 5.06. The van der Waals surface area contributed by atoms with Crippen LogP contribution in [0.3, 0.4) is 0 Å². The molecular weight excluding hydrogens is 361 g/mol. The lowest BCUT2D eigenvalue weighted by atomic mass is 9.84. The maximum atomic E-state index is 14.7. The Hall–Kier alpha value is -3.03. The van der Waals surface area contributed by atoms with Crippen molar-refractivity contribution in [2.75, 3.05) is 12.4 Å². The van der Waals surface area contributed by atoms with Gasteiger partial charge in [0.25, 0.3) is 0 Å². The van der Waals surface area contributed by atoms with Crippen LogP contribution in [0.15, 0.2) is 35.7 Å². The molecule has 0 saturated heterocycles. The number of amidine groups is 1. The minimum absolute atomic E-state index is 0.257. The number of anilines is 1. The fourth-order valence-corrected chi connectivity index (χ4v) is 3.11. The molecule has 1 aliphatic heterocycles. The van der Waals surface area contributed by atoms with Gasteiger partial charge >= 0.3 is 6.09 Å². The fraction of sp³-hybridized carbons (Fsp3) is 0.400. The van der Waals surface area contributed by atoms with Crippen LogP contribution in [0.5, 0.6) is 0 Å². The van der Waals surface area contributed by atoms with E-state index in [1.54, 1.807) is 46.1 Å². The van der Waals surface area contributed by atoms with Gasteiger partial charge in [0.15, 0.2) is 0 Å².